The molecule has 234 valence electrons. The molecule has 0 amide bonds. The van der Waals surface area contributed by atoms with E-state index in [1.807, 2.05) is 44.4 Å². The van der Waals surface area contributed by atoms with Gasteiger partial charge in [-0.15, -0.1) is 11.3 Å². The number of rotatable bonds is 3. The zero-order valence-corrected chi connectivity index (χ0v) is 27.3. The molecule has 43 heavy (non-hydrogen) atoms. The fraction of sp³-hybridized carbons (Fsp3) is 0.576. The molecule has 4 rings (SSSR count). The molecule has 0 bridgehead atoms. The van der Waals surface area contributed by atoms with Crippen molar-refractivity contribution in [3.8, 4) is 0 Å². The van der Waals surface area contributed by atoms with Crippen LogP contribution in [-0.4, -0.2) is 63.3 Å². The molecule has 7 atom stereocenters. The molecule has 1 aromatic carbocycles. The lowest BCUT2D eigenvalue weighted by molar-refractivity contribution is -0.155. The number of aromatic nitrogens is 1. The number of ether oxygens (including phenoxy) is 2. The molecule has 10 heteroatoms. The van der Waals surface area contributed by atoms with Gasteiger partial charge >= 0.3 is 5.97 Å². The van der Waals surface area contributed by atoms with Crippen molar-refractivity contribution < 1.29 is 29.3 Å². The molecular formula is C33H43ClN2O6S. The van der Waals surface area contributed by atoms with Crippen molar-refractivity contribution >= 4 is 46.7 Å². The minimum Gasteiger partial charge on any atom is -0.472 e. The minimum absolute atomic E-state index is 0.148. The number of thiazole rings is 1. The van der Waals surface area contributed by atoms with Gasteiger partial charge < -0.3 is 19.7 Å². The van der Waals surface area contributed by atoms with Crippen LogP contribution in [0.5, 0.6) is 0 Å². The average Bonchev–Trinajstić information content (AvgIpc) is 3.56. The van der Waals surface area contributed by atoms with Crippen LogP contribution < -0.4 is 0 Å². The van der Waals surface area contributed by atoms with Crippen LogP contribution in [0.4, 0.5) is 0 Å². The van der Waals surface area contributed by atoms with E-state index in [0.717, 1.165) is 28.3 Å². The van der Waals surface area contributed by atoms with Gasteiger partial charge in [0.05, 0.1) is 40.8 Å². The number of aliphatic imine (C=N–C) groups is 1. The van der Waals surface area contributed by atoms with Crippen molar-refractivity contribution in [3.63, 3.8) is 0 Å². The number of benzene rings is 1. The molecule has 0 aliphatic carbocycles. The summed E-state index contributed by atoms with van der Waals surface area (Å²) in [5.74, 6) is -1.25. The maximum Gasteiger partial charge on any atom is 0.309 e. The molecule has 2 aromatic rings. The number of fused-ring (bicyclic) bond motifs is 1. The van der Waals surface area contributed by atoms with Gasteiger partial charge in [0.2, 0.25) is 5.90 Å². The lowest BCUT2D eigenvalue weighted by Crippen LogP contribution is -2.46. The number of carbonyl (C=O) groups is 2. The molecule has 0 saturated carbocycles. The summed E-state index contributed by atoms with van der Waals surface area (Å²) in [4.78, 5) is 36.2. The van der Waals surface area contributed by atoms with E-state index in [9.17, 15) is 19.8 Å². The Morgan fingerprint density at radius 1 is 1.12 bits per heavy atom. The van der Waals surface area contributed by atoms with E-state index in [1.54, 1.807) is 32.9 Å². The standard InChI is InChI=1S/C33H43ClN2O6S/c1-18-8-7-9-25-27(42-32(36-25)22-10-12-23(34)13-11-22)15-26(19(2)14-24-17-43-21(4)35-24)41-29(38)16-28(37)33(5,6)31(40)20(3)30(18)39/h10-14,17-18,20,25-28,30,37,39H,7-9,15-16H2,1-6H3/b19-14+/t18-,20+,25?,26-,27-,28-,30-/m0/s1. The first kappa shape index (κ1) is 33.3. The predicted molar refractivity (Wildman–Crippen MR) is 169 cm³/mol. The van der Waals surface area contributed by atoms with Gasteiger partial charge in [-0.05, 0) is 68.5 Å². The third-order valence-corrected chi connectivity index (χ3v) is 9.85. The molecule has 8 nitrogen and oxygen atoms in total. The van der Waals surface area contributed by atoms with Crippen molar-refractivity contribution in [2.24, 2.45) is 22.2 Å². The number of ketones is 1. The Labute approximate surface area is 263 Å². The maximum atomic E-state index is 13.4. The summed E-state index contributed by atoms with van der Waals surface area (Å²) in [5, 5.41) is 25.6. The van der Waals surface area contributed by atoms with Gasteiger partial charge in [0.15, 0.2) is 0 Å². The normalized spacial score (nSPS) is 31.1. The van der Waals surface area contributed by atoms with E-state index >= 15 is 0 Å². The van der Waals surface area contributed by atoms with Crippen molar-refractivity contribution in [2.45, 2.75) is 104 Å². The first-order valence-electron chi connectivity index (χ1n) is 15.0. The van der Waals surface area contributed by atoms with Gasteiger partial charge in [0.1, 0.15) is 18.0 Å². The second kappa shape index (κ2) is 14.0. The van der Waals surface area contributed by atoms with E-state index in [-0.39, 0.29) is 30.3 Å². The molecule has 2 aliphatic rings. The highest BCUT2D eigenvalue weighted by Crippen LogP contribution is 2.34. The van der Waals surface area contributed by atoms with Gasteiger partial charge in [0, 0.05) is 28.3 Å². The molecule has 0 radical (unpaired) electrons. The SMILES string of the molecule is C/C(=C\c1csc(C)n1)[C@@H]1C[C@@H]2OC(c3ccc(Cl)cc3)=NC2CCC[C@H](C)[C@H](O)[C@@H](C)C(=O)C(C)(C)[C@@H](O)CC(=O)O1. The topological polar surface area (TPSA) is 118 Å². The number of halogens is 1. The van der Waals surface area contributed by atoms with E-state index in [2.05, 4.69) is 4.98 Å². The number of nitrogens with zero attached hydrogens (tertiary/aromatic N) is 2. The Hall–Kier alpha value is -2.59. The van der Waals surface area contributed by atoms with E-state index in [0.29, 0.717) is 30.2 Å². The Kier molecular flexibility index (Phi) is 10.9. The quantitative estimate of drug-likeness (QED) is 0.388. The lowest BCUT2D eigenvalue weighted by Gasteiger charge is -2.34. The number of Topliss-reactive ketones (excluding diaryl/α,β-unsaturated/α-hetero) is 1. The van der Waals surface area contributed by atoms with Gasteiger partial charge in [-0.2, -0.15) is 0 Å². The minimum atomic E-state index is -1.29. The summed E-state index contributed by atoms with van der Waals surface area (Å²) < 4.78 is 12.5. The van der Waals surface area contributed by atoms with E-state index in [1.165, 1.54) is 11.3 Å². The predicted octanol–water partition coefficient (Wildman–Crippen LogP) is 6.19. The number of aliphatic hydroxyl groups excluding tert-OH is 2. The summed E-state index contributed by atoms with van der Waals surface area (Å²) >= 11 is 7.65. The Bertz CT molecular complexity index is 1350. The van der Waals surface area contributed by atoms with E-state index in [4.69, 9.17) is 26.1 Å². The van der Waals surface area contributed by atoms with Crippen LogP contribution in [0.25, 0.3) is 6.08 Å². The highest BCUT2D eigenvalue weighted by atomic mass is 35.5. The molecule has 1 unspecified atom stereocenters. The van der Waals surface area contributed by atoms with Crippen molar-refractivity contribution in [1.29, 1.82) is 0 Å². The van der Waals surface area contributed by atoms with Crippen LogP contribution >= 0.6 is 22.9 Å². The summed E-state index contributed by atoms with van der Waals surface area (Å²) in [6.45, 7) is 10.7. The molecule has 1 saturated heterocycles. The van der Waals surface area contributed by atoms with Crippen molar-refractivity contribution in [1.82, 2.24) is 4.98 Å². The number of carbonyl (C=O) groups excluding carboxylic acids is 2. The molecule has 1 aromatic heterocycles. The number of hydrogen-bond acceptors (Lipinski definition) is 9. The number of hydrogen-bond donors (Lipinski definition) is 2. The average molecular weight is 631 g/mol. The second-order valence-electron chi connectivity index (χ2n) is 12.6. The molecule has 2 N–H and O–H groups in total. The number of aliphatic hydroxyl groups is 2. The van der Waals surface area contributed by atoms with Gasteiger partial charge in [-0.25, -0.2) is 9.98 Å². The highest BCUT2D eigenvalue weighted by Gasteiger charge is 2.43. The summed E-state index contributed by atoms with van der Waals surface area (Å²) in [6.07, 6.45) is 0.815. The summed E-state index contributed by atoms with van der Waals surface area (Å²) in [5.41, 5.74) is 1.12. The first-order valence-corrected chi connectivity index (χ1v) is 16.2. The number of cyclic esters (lactones) is 1. The van der Waals surface area contributed by atoms with Crippen molar-refractivity contribution in [2.75, 3.05) is 0 Å². The highest BCUT2D eigenvalue weighted by molar-refractivity contribution is 7.09. The zero-order chi connectivity index (χ0) is 31.5. The molecule has 0 spiro atoms. The van der Waals surface area contributed by atoms with Gasteiger partial charge in [0.25, 0.3) is 0 Å². The monoisotopic (exact) mass is 630 g/mol. The largest absolute Gasteiger partial charge is 0.472 e. The van der Waals surface area contributed by atoms with Gasteiger partial charge in [-0.1, -0.05) is 45.7 Å². The molecular weight excluding hydrogens is 588 g/mol. The Balaban J connectivity index is 1.67. The first-order chi connectivity index (χ1) is 20.3. The fourth-order valence-electron chi connectivity index (χ4n) is 5.83. The number of aryl methyl sites for hydroxylation is 1. The van der Waals surface area contributed by atoms with E-state index < -0.39 is 35.6 Å². The smallest absolute Gasteiger partial charge is 0.309 e. The lowest BCUT2D eigenvalue weighted by atomic mass is 9.73. The third kappa shape index (κ3) is 8.12. The van der Waals surface area contributed by atoms with Gasteiger partial charge in [-0.3, -0.25) is 9.59 Å². The molecule has 3 heterocycles. The zero-order valence-electron chi connectivity index (χ0n) is 25.7. The second-order valence-corrected chi connectivity index (χ2v) is 14.1. The summed E-state index contributed by atoms with van der Waals surface area (Å²) in [6, 6.07) is 7.10. The van der Waals surface area contributed by atoms with Crippen LogP contribution in [0.15, 0.2) is 40.2 Å². The Morgan fingerprint density at radius 2 is 1.81 bits per heavy atom. The third-order valence-electron chi connectivity index (χ3n) is 8.80. The summed E-state index contributed by atoms with van der Waals surface area (Å²) in [7, 11) is 0. The maximum absolute atomic E-state index is 13.4. The number of esters is 1. The molecule has 2 aliphatic heterocycles. The van der Waals surface area contributed by atoms with Crippen LogP contribution in [-0.2, 0) is 19.1 Å². The van der Waals surface area contributed by atoms with Crippen LogP contribution in [0.3, 0.4) is 0 Å². The fourth-order valence-corrected chi connectivity index (χ4v) is 6.52. The van der Waals surface area contributed by atoms with Crippen LogP contribution in [0.2, 0.25) is 5.02 Å². The van der Waals surface area contributed by atoms with Crippen LogP contribution in [0, 0.1) is 24.2 Å². The van der Waals surface area contributed by atoms with Crippen molar-refractivity contribution in [3.05, 3.63) is 56.5 Å². The molecule has 1 fully saturated rings. The Morgan fingerprint density at radius 3 is 2.47 bits per heavy atom. The van der Waals surface area contributed by atoms with Crippen LogP contribution in [0.1, 0.15) is 83.0 Å².